The molecular weight excluding hydrogens is 379 g/mol. The first kappa shape index (κ1) is 18.3. The van der Waals surface area contributed by atoms with Gasteiger partial charge in [-0.3, -0.25) is 0 Å². The molecule has 0 aliphatic carbocycles. The Hall–Kier alpha value is -2.50. The molecule has 3 aromatic rings. The van der Waals surface area contributed by atoms with Gasteiger partial charge < -0.3 is 13.9 Å². The maximum atomic E-state index is 12.3. The van der Waals surface area contributed by atoms with Crippen molar-refractivity contribution in [2.75, 3.05) is 0 Å². The Morgan fingerprint density at radius 1 is 1.15 bits per heavy atom. The van der Waals surface area contributed by atoms with Gasteiger partial charge in [-0.2, -0.15) is 0 Å². The lowest BCUT2D eigenvalue weighted by Crippen LogP contribution is -2.28. The summed E-state index contributed by atoms with van der Waals surface area (Å²) in [7, 11) is 0. The quantitative estimate of drug-likeness (QED) is 0.363. The lowest BCUT2D eigenvalue weighted by molar-refractivity contribution is -0.141. The van der Waals surface area contributed by atoms with Crippen LogP contribution in [0.15, 0.2) is 51.7 Å². The molecule has 3 rings (SSSR count). The standard InChI is InChI=1S/C19H14Cl2O5/c1-10-8-17(22)26-16-9-12(6-7-13(10)16)25-19(23)11(2)24-15-5-3-4-14(20)18(15)21/h3-9,11H,1-2H3. The lowest BCUT2D eigenvalue weighted by Gasteiger charge is -2.15. The van der Waals surface area contributed by atoms with Crippen LogP contribution in [0.1, 0.15) is 12.5 Å². The fourth-order valence-electron chi connectivity index (χ4n) is 2.38. The van der Waals surface area contributed by atoms with Gasteiger partial charge in [-0.25, -0.2) is 9.59 Å². The summed E-state index contributed by atoms with van der Waals surface area (Å²) in [6.45, 7) is 3.33. The van der Waals surface area contributed by atoms with Crippen molar-refractivity contribution in [1.82, 2.24) is 0 Å². The molecule has 2 aromatic carbocycles. The molecule has 5 nitrogen and oxygen atoms in total. The third-order valence-corrected chi connectivity index (χ3v) is 4.49. The van der Waals surface area contributed by atoms with Crippen LogP contribution in [0.4, 0.5) is 0 Å². The van der Waals surface area contributed by atoms with E-state index in [1.54, 1.807) is 37.3 Å². The highest BCUT2D eigenvalue weighted by atomic mass is 35.5. The van der Waals surface area contributed by atoms with Gasteiger partial charge in [0.05, 0.1) is 5.02 Å². The summed E-state index contributed by atoms with van der Waals surface area (Å²) in [6, 6.07) is 11.1. The Kier molecular flexibility index (Phi) is 5.20. The van der Waals surface area contributed by atoms with E-state index in [0.29, 0.717) is 10.6 Å². The van der Waals surface area contributed by atoms with Crippen molar-refractivity contribution >= 4 is 40.1 Å². The lowest BCUT2D eigenvalue weighted by atomic mass is 10.1. The Labute approximate surface area is 159 Å². The minimum absolute atomic E-state index is 0.219. The average Bonchev–Trinajstić information content (AvgIpc) is 2.58. The number of halogens is 2. The number of carbonyl (C=O) groups is 1. The predicted octanol–water partition coefficient (Wildman–Crippen LogP) is 4.78. The average molecular weight is 393 g/mol. The molecule has 0 amide bonds. The zero-order valence-corrected chi connectivity index (χ0v) is 15.4. The zero-order valence-electron chi connectivity index (χ0n) is 13.9. The summed E-state index contributed by atoms with van der Waals surface area (Å²) in [4.78, 5) is 23.8. The molecule has 1 unspecified atom stereocenters. The second-order valence-corrected chi connectivity index (χ2v) is 6.42. The van der Waals surface area contributed by atoms with Crippen molar-refractivity contribution in [3.05, 3.63) is 68.5 Å². The molecule has 7 heteroatoms. The predicted molar refractivity (Wildman–Crippen MR) is 99.4 cm³/mol. The first-order valence-electron chi connectivity index (χ1n) is 7.72. The van der Waals surface area contributed by atoms with E-state index in [1.807, 2.05) is 0 Å². The maximum Gasteiger partial charge on any atom is 0.352 e. The highest BCUT2D eigenvalue weighted by molar-refractivity contribution is 6.42. The Balaban J connectivity index is 1.77. The van der Waals surface area contributed by atoms with E-state index in [9.17, 15) is 9.59 Å². The van der Waals surface area contributed by atoms with Crippen LogP contribution in [0.5, 0.6) is 11.5 Å². The molecule has 0 saturated carbocycles. The van der Waals surface area contributed by atoms with Crippen molar-refractivity contribution in [2.24, 2.45) is 0 Å². The summed E-state index contributed by atoms with van der Waals surface area (Å²) >= 11 is 12.0. The number of hydrogen-bond donors (Lipinski definition) is 0. The van der Waals surface area contributed by atoms with E-state index in [4.69, 9.17) is 37.1 Å². The number of hydrogen-bond acceptors (Lipinski definition) is 5. The molecule has 0 fully saturated rings. The van der Waals surface area contributed by atoms with Crippen LogP contribution >= 0.6 is 23.2 Å². The van der Waals surface area contributed by atoms with Gasteiger partial charge in [0.1, 0.15) is 22.1 Å². The minimum Gasteiger partial charge on any atom is -0.477 e. The molecule has 1 atom stereocenters. The summed E-state index contributed by atoms with van der Waals surface area (Å²) in [5.41, 5.74) is 0.652. The number of carbonyl (C=O) groups excluding carboxylic acids is 1. The smallest absolute Gasteiger partial charge is 0.352 e. The van der Waals surface area contributed by atoms with Gasteiger partial charge in [-0.15, -0.1) is 0 Å². The number of ether oxygens (including phenoxy) is 2. The molecular formula is C19H14Cl2O5. The molecule has 0 N–H and O–H groups in total. The van der Waals surface area contributed by atoms with E-state index in [2.05, 4.69) is 0 Å². The first-order chi connectivity index (χ1) is 12.3. The largest absolute Gasteiger partial charge is 0.477 e. The monoisotopic (exact) mass is 392 g/mol. The number of aryl methyl sites for hydroxylation is 1. The topological polar surface area (TPSA) is 65.7 Å². The van der Waals surface area contributed by atoms with Crippen LogP contribution in [0.2, 0.25) is 10.0 Å². The van der Waals surface area contributed by atoms with Crippen LogP contribution in [-0.2, 0) is 4.79 Å². The number of rotatable bonds is 4. The SMILES string of the molecule is Cc1cc(=O)oc2cc(OC(=O)C(C)Oc3cccc(Cl)c3Cl)ccc12. The highest BCUT2D eigenvalue weighted by Gasteiger charge is 2.19. The second-order valence-electron chi connectivity index (χ2n) is 5.64. The Bertz CT molecular complexity index is 1040. The summed E-state index contributed by atoms with van der Waals surface area (Å²) in [5.74, 6) is -0.108. The summed E-state index contributed by atoms with van der Waals surface area (Å²) in [5, 5.41) is 1.31. The van der Waals surface area contributed by atoms with Crippen molar-refractivity contribution in [1.29, 1.82) is 0 Å². The third kappa shape index (κ3) is 3.84. The first-order valence-corrected chi connectivity index (χ1v) is 8.47. The summed E-state index contributed by atoms with van der Waals surface area (Å²) in [6.07, 6.45) is -0.925. The molecule has 134 valence electrons. The van der Waals surface area contributed by atoms with Crippen LogP contribution < -0.4 is 15.1 Å². The maximum absolute atomic E-state index is 12.3. The molecule has 0 aliphatic rings. The molecule has 1 heterocycles. The van der Waals surface area contributed by atoms with Gasteiger partial charge in [0.15, 0.2) is 6.10 Å². The molecule has 0 spiro atoms. The molecule has 0 saturated heterocycles. The van der Waals surface area contributed by atoms with Gasteiger partial charge in [-0.05, 0) is 43.7 Å². The van der Waals surface area contributed by atoms with Crippen molar-refractivity contribution in [3.8, 4) is 11.5 Å². The minimum atomic E-state index is -0.925. The molecule has 0 bridgehead atoms. The van der Waals surface area contributed by atoms with Crippen LogP contribution in [0.25, 0.3) is 11.0 Å². The molecule has 0 aliphatic heterocycles. The van der Waals surface area contributed by atoms with Gasteiger partial charge in [0, 0.05) is 17.5 Å². The fourth-order valence-corrected chi connectivity index (χ4v) is 2.72. The van der Waals surface area contributed by atoms with Crippen molar-refractivity contribution < 1.29 is 18.7 Å². The molecule has 0 radical (unpaired) electrons. The number of esters is 1. The van der Waals surface area contributed by atoms with Crippen molar-refractivity contribution in [3.63, 3.8) is 0 Å². The Morgan fingerprint density at radius 3 is 2.69 bits per heavy atom. The van der Waals surface area contributed by atoms with Gasteiger partial charge in [0.25, 0.3) is 0 Å². The number of fused-ring (bicyclic) bond motifs is 1. The van der Waals surface area contributed by atoms with Crippen LogP contribution in [0.3, 0.4) is 0 Å². The molecule has 26 heavy (non-hydrogen) atoms. The highest BCUT2D eigenvalue weighted by Crippen LogP contribution is 2.32. The van der Waals surface area contributed by atoms with Crippen LogP contribution in [0, 0.1) is 6.92 Å². The molecule has 1 aromatic heterocycles. The number of benzene rings is 2. The van der Waals surface area contributed by atoms with Crippen molar-refractivity contribution in [2.45, 2.75) is 20.0 Å². The van der Waals surface area contributed by atoms with Crippen LogP contribution in [-0.4, -0.2) is 12.1 Å². The van der Waals surface area contributed by atoms with E-state index >= 15 is 0 Å². The second kappa shape index (κ2) is 7.40. The van der Waals surface area contributed by atoms with Gasteiger partial charge in [0.2, 0.25) is 0 Å². The third-order valence-electron chi connectivity index (χ3n) is 3.69. The fraction of sp³-hybridized carbons (Fsp3) is 0.158. The van der Waals surface area contributed by atoms with E-state index in [0.717, 1.165) is 10.9 Å². The van der Waals surface area contributed by atoms with E-state index in [1.165, 1.54) is 19.1 Å². The van der Waals surface area contributed by atoms with E-state index in [-0.39, 0.29) is 16.5 Å². The van der Waals surface area contributed by atoms with Gasteiger partial charge in [-0.1, -0.05) is 29.3 Å². The van der Waals surface area contributed by atoms with E-state index < -0.39 is 17.7 Å². The Morgan fingerprint density at radius 2 is 1.92 bits per heavy atom. The summed E-state index contributed by atoms with van der Waals surface area (Å²) < 4.78 is 16.0. The zero-order chi connectivity index (χ0) is 18.8. The normalized spacial score (nSPS) is 12.0. The van der Waals surface area contributed by atoms with Gasteiger partial charge >= 0.3 is 11.6 Å².